The van der Waals surface area contributed by atoms with Crippen LogP contribution < -0.4 is 0 Å². The molecule has 0 aliphatic carbocycles. The van der Waals surface area contributed by atoms with Crippen molar-refractivity contribution in [2.45, 2.75) is 19.8 Å². The first-order chi connectivity index (χ1) is 9.04. The molecule has 0 saturated carbocycles. The van der Waals surface area contributed by atoms with Gasteiger partial charge in [0.15, 0.2) is 5.78 Å². The van der Waals surface area contributed by atoms with Gasteiger partial charge in [-0.3, -0.25) is 4.79 Å². The van der Waals surface area contributed by atoms with Gasteiger partial charge in [0.2, 0.25) is 0 Å². The van der Waals surface area contributed by atoms with Crippen LogP contribution in [-0.4, -0.2) is 5.78 Å². The Morgan fingerprint density at radius 2 is 2.05 bits per heavy atom. The lowest BCUT2D eigenvalue weighted by Crippen LogP contribution is -2.11. The third-order valence-electron chi connectivity index (χ3n) is 3.02. The molecular formula is C15H12FNOS. The highest BCUT2D eigenvalue weighted by molar-refractivity contribution is 7.14. The van der Waals surface area contributed by atoms with E-state index >= 15 is 0 Å². The van der Waals surface area contributed by atoms with Gasteiger partial charge in [0.05, 0.1) is 10.9 Å². The number of hydrogen-bond acceptors (Lipinski definition) is 3. The van der Waals surface area contributed by atoms with Crippen molar-refractivity contribution in [3.05, 3.63) is 57.0 Å². The molecule has 0 aliphatic heterocycles. The van der Waals surface area contributed by atoms with E-state index in [1.807, 2.05) is 19.9 Å². The second kappa shape index (κ2) is 5.33. The number of ketones is 1. The van der Waals surface area contributed by atoms with Crippen LogP contribution in [-0.2, 0) is 0 Å². The summed E-state index contributed by atoms with van der Waals surface area (Å²) in [6, 6.07) is 9.57. The van der Waals surface area contributed by atoms with Gasteiger partial charge in [-0.15, -0.1) is 11.3 Å². The highest BCUT2D eigenvalue weighted by Gasteiger charge is 2.25. The molecule has 2 nitrogen and oxygen atoms in total. The molecule has 0 aliphatic rings. The molecule has 1 atom stereocenters. The summed E-state index contributed by atoms with van der Waals surface area (Å²) in [5.41, 5.74) is 1.15. The third-order valence-corrected chi connectivity index (χ3v) is 4.18. The van der Waals surface area contributed by atoms with Gasteiger partial charge in [-0.25, -0.2) is 4.39 Å². The normalized spacial score (nSPS) is 11.9. The zero-order valence-corrected chi connectivity index (χ0v) is 11.4. The maximum Gasteiger partial charge on any atom is 0.194 e. The lowest BCUT2D eigenvalue weighted by Gasteiger charge is -2.07. The summed E-state index contributed by atoms with van der Waals surface area (Å²) >= 11 is 1.34. The minimum Gasteiger partial charge on any atom is -0.291 e. The predicted molar refractivity (Wildman–Crippen MR) is 72.9 cm³/mol. The summed E-state index contributed by atoms with van der Waals surface area (Å²) < 4.78 is 13.7. The first-order valence-corrected chi connectivity index (χ1v) is 6.61. The Bertz CT molecular complexity index is 650. The summed E-state index contributed by atoms with van der Waals surface area (Å²) in [5, 5.41) is 9.18. The second-order valence-electron chi connectivity index (χ2n) is 4.30. The molecule has 2 rings (SSSR count). The number of rotatable bonds is 3. The molecule has 0 bridgehead atoms. The Hall–Kier alpha value is -1.99. The monoisotopic (exact) mass is 273 g/mol. The van der Waals surface area contributed by atoms with E-state index in [0.717, 1.165) is 10.4 Å². The largest absolute Gasteiger partial charge is 0.291 e. The third kappa shape index (κ3) is 2.56. The van der Waals surface area contributed by atoms with Crippen LogP contribution in [0.5, 0.6) is 0 Å². The fourth-order valence-electron chi connectivity index (χ4n) is 1.82. The molecule has 0 radical (unpaired) electrons. The Balaban J connectivity index is 2.41. The zero-order chi connectivity index (χ0) is 14.0. The van der Waals surface area contributed by atoms with E-state index in [4.69, 9.17) is 0 Å². The van der Waals surface area contributed by atoms with Crippen molar-refractivity contribution in [1.29, 1.82) is 5.26 Å². The molecular weight excluding hydrogens is 261 g/mol. The lowest BCUT2D eigenvalue weighted by atomic mass is 9.94. The van der Waals surface area contributed by atoms with Crippen molar-refractivity contribution in [2.24, 2.45) is 0 Å². The lowest BCUT2D eigenvalue weighted by molar-refractivity contribution is 0.0981. The number of aryl methyl sites for hydroxylation is 2. The van der Waals surface area contributed by atoms with E-state index in [1.165, 1.54) is 29.5 Å². The maximum absolute atomic E-state index is 13.7. The fraction of sp³-hybridized carbons (Fsp3) is 0.200. The molecule has 96 valence electrons. The molecule has 0 amide bonds. The van der Waals surface area contributed by atoms with Crippen molar-refractivity contribution < 1.29 is 9.18 Å². The van der Waals surface area contributed by atoms with E-state index in [9.17, 15) is 14.4 Å². The van der Waals surface area contributed by atoms with Crippen LogP contribution in [0, 0.1) is 31.0 Å². The number of Topliss-reactive ketones (excluding diaryl/α,β-unsaturated/α-hetero) is 1. The highest BCUT2D eigenvalue weighted by Crippen LogP contribution is 2.28. The topological polar surface area (TPSA) is 40.9 Å². The molecule has 0 spiro atoms. The Morgan fingerprint density at radius 3 is 2.58 bits per heavy atom. The molecule has 1 aromatic heterocycles. The van der Waals surface area contributed by atoms with E-state index < -0.39 is 11.7 Å². The predicted octanol–water partition coefficient (Wildman–Crippen LogP) is 3.99. The summed E-state index contributed by atoms with van der Waals surface area (Å²) in [6.45, 7) is 3.83. The first kappa shape index (κ1) is 13.4. The van der Waals surface area contributed by atoms with Crippen LogP contribution in [0.1, 0.15) is 31.6 Å². The number of nitriles is 1. The number of carbonyl (C=O) groups is 1. The molecule has 2 aromatic rings. The van der Waals surface area contributed by atoms with Gasteiger partial charge < -0.3 is 0 Å². The summed E-state index contributed by atoms with van der Waals surface area (Å²) in [6.07, 6.45) is 0. The van der Waals surface area contributed by atoms with Crippen LogP contribution in [0.3, 0.4) is 0 Å². The quantitative estimate of drug-likeness (QED) is 0.793. The average molecular weight is 273 g/mol. The number of thiophene rings is 1. The summed E-state index contributed by atoms with van der Waals surface area (Å²) in [7, 11) is 0. The van der Waals surface area contributed by atoms with Crippen molar-refractivity contribution in [2.75, 3.05) is 0 Å². The number of hydrogen-bond donors (Lipinski definition) is 0. The highest BCUT2D eigenvalue weighted by atomic mass is 32.1. The molecule has 19 heavy (non-hydrogen) atoms. The van der Waals surface area contributed by atoms with Gasteiger partial charge in [0.25, 0.3) is 0 Å². The molecule has 1 heterocycles. The zero-order valence-electron chi connectivity index (χ0n) is 10.6. The van der Waals surface area contributed by atoms with Crippen molar-refractivity contribution in [3.8, 4) is 6.07 Å². The first-order valence-electron chi connectivity index (χ1n) is 5.80. The smallest absolute Gasteiger partial charge is 0.194 e. The molecule has 4 heteroatoms. The summed E-state index contributed by atoms with van der Waals surface area (Å²) in [5.74, 6) is -1.94. The molecule has 0 N–H and O–H groups in total. The van der Waals surface area contributed by atoms with Crippen LogP contribution in [0.4, 0.5) is 4.39 Å². The Morgan fingerprint density at radius 1 is 1.37 bits per heavy atom. The van der Waals surface area contributed by atoms with Crippen LogP contribution in [0.25, 0.3) is 0 Å². The minimum atomic E-state index is -1.08. The molecule has 1 unspecified atom stereocenters. The van der Waals surface area contributed by atoms with Gasteiger partial charge in [-0.05, 0) is 31.5 Å². The standard InChI is InChI=1S/C15H12FNOS/c1-9-7-14(19-10(9)2)15(18)12(8-17)11-5-3-4-6-13(11)16/h3-7,12H,1-2H3. The second-order valence-corrected chi connectivity index (χ2v) is 5.55. The molecule has 0 saturated heterocycles. The van der Waals surface area contributed by atoms with E-state index in [2.05, 4.69) is 0 Å². The molecule has 0 fully saturated rings. The average Bonchev–Trinajstić information content (AvgIpc) is 2.73. The van der Waals surface area contributed by atoms with Crippen LogP contribution in [0.15, 0.2) is 30.3 Å². The Labute approximate surface area is 115 Å². The van der Waals surface area contributed by atoms with Gasteiger partial charge >= 0.3 is 0 Å². The van der Waals surface area contributed by atoms with Crippen LogP contribution >= 0.6 is 11.3 Å². The van der Waals surface area contributed by atoms with Gasteiger partial charge in [0, 0.05) is 10.4 Å². The van der Waals surface area contributed by atoms with Crippen molar-refractivity contribution >= 4 is 17.1 Å². The Kier molecular flexibility index (Phi) is 3.77. The minimum absolute atomic E-state index is 0.138. The van der Waals surface area contributed by atoms with Gasteiger partial charge in [-0.1, -0.05) is 18.2 Å². The van der Waals surface area contributed by atoms with Gasteiger partial charge in [0.1, 0.15) is 11.7 Å². The van der Waals surface area contributed by atoms with Crippen LogP contribution in [0.2, 0.25) is 0 Å². The number of halogens is 1. The summed E-state index contributed by atoms with van der Waals surface area (Å²) in [4.78, 5) is 13.9. The fourth-order valence-corrected chi connectivity index (χ4v) is 2.82. The number of carbonyl (C=O) groups excluding carboxylic acids is 1. The van der Waals surface area contributed by atoms with E-state index in [-0.39, 0.29) is 11.3 Å². The van der Waals surface area contributed by atoms with Gasteiger partial charge in [-0.2, -0.15) is 5.26 Å². The van der Waals surface area contributed by atoms with E-state index in [0.29, 0.717) is 4.88 Å². The van der Waals surface area contributed by atoms with E-state index in [1.54, 1.807) is 12.1 Å². The maximum atomic E-state index is 13.7. The van der Waals surface area contributed by atoms with Crippen molar-refractivity contribution in [1.82, 2.24) is 0 Å². The number of benzene rings is 1. The van der Waals surface area contributed by atoms with Crippen molar-refractivity contribution in [3.63, 3.8) is 0 Å². The number of nitrogens with zero attached hydrogens (tertiary/aromatic N) is 1. The SMILES string of the molecule is Cc1cc(C(=O)C(C#N)c2ccccc2F)sc1C. The molecule has 1 aromatic carbocycles.